The molecule has 0 aromatic heterocycles. The van der Waals surface area contributed by atoms with Gasteiger partial charge < -0.3 is 14.9 Å². The molecule has 4 heteroatoms. The van der Waals surface area contributed by atoms with Gasteiger partial charge in [0.15, 0.2) is 0 Å². The number of carbonyl (C=O) groups is 1. The molecule has 126 valence electrons. The maximum atomic E-state index is 11.8. The first-order valence-electron chi connectivity index (χ1n) is 6.83. The van der Waals surface area contributed by atoms with E-state index in [0.717, 1.165) is 0 Å². The van der Waals surface area contributed by atoms with Crippen LogP contribution in [0.1, 0.15) is 6.92 Å². The topological polar surface area (TPSA) is 66.8 Å². The average Bonchev–Trinajstić information content (AvgIpc) is 2.49. The van der Waals surface area contributed by atoms with Gasteiger partial charge in [0.25, 0.3) is 0 Å². The smallest absolute Gasteiger partial charge is 0.342 e. The number of aliphatic hydroxyl groups excluding tert-OH is 2. The molecule has 0 aliphatic carbocycles. The number of hydrogen-bond donors (Lipinski definition) is 2. The van der Waals surface area contributed by atoms with Crippen molar-refractivity contribution in [2.24, 2.45) is 0 Å². The maximum Gasteiger partial charge on any atom is 0.342 e. The van der Waals surface area contributed by atoms with Crippen LogP contribution in [0.3, 0.4) is 0 Å². The van der Waals surface area contributed by atoms with Gasteiger partial charge in [-0.3, -0.25) is 0 Å². The van der Waals surface area contributed by atoms with Gasteiger partial charge in [0.05, 0.1) is 5.57 Å². The van der Waals surface area contributed by atoms with Crippen LogP contribution in [0.2, 0.25) is 0 Å². The highest BCUT2D eigenvalue weighted by Crippen LogP contribution is 2.13. The minimum absolute atomic E-state index is 0.0462. The number of aliphatic hydroxyl groups is 2. The molecular weight excluding hydrogens is 304 g/mol. The van der Waals surface area contributed by atoms with Crippen molar-refractivity contribution in [2.75, 3.05) is 0 Å². The largest absolute Gasteiger partial charge is 0.509 e. The summed E-state index contributed by atoms with van der Waals surface area (Å²) in [5.41, 5.74) is 1.53. The Morgan fingerprint density at radius 2 is 1.33 bits per heavy atom. The van der Waals surface area contributed by atoms with E-state index in [-0.39, 0.29) is 22.9 Å². The standard InChI is InChI=1S/C20H22O4/c1-13(8-10-17(5)21)14(2)9-11-18(6)24-20(23)16(4)12-15(3)19(7)22/h8-12,21-22H,1-2,4-7H2,3H3/b10-8-,11-9-,15-12-. The number of esters is 1. The van der Waals surface area contributed by atoms with Crippen LogP contribution in [0.5, 0.6) is 0 Å². The summed E-state index contributed by atoms with van der Waals surface area (Å²) in [7, 11) is 0. The highest BCUT2D eigenvalue weighted by Gasteiger charge is 2.08. The van der Waals surface area contributed by atoms with Crippen molar-refractivity contribution in [1.82, 2.24) is 0 Å². The third-order valence-corrected chi connectivity index (χ3v) is 2.69. The summed E-state index contributed by atoms with van der Waals surface area (Å²) in [5, 5.41) is 18.2. The predicted octanol–water partition coefficient (Wildman–Crippen LogP) is 4.91. The van der Waals surface area contributed by atoms with Gasteiger partial charge in [-0.2, -0.15) is 0 Å². The van der Waals surface area contributed by atoms with Crippen molar-refractivity contribution < 1.29 is 19.7 Å². The summed E-state index contributed by atoms with van der Waals surface area (Å²) in [4.78, 5) is 11.8. The predicted molar refractivity (Wildman–Crippen MR) is 98.2 cm³/mol. The van der Waals surface area contributed by atoms with E-state index in [1.807, 2.05) is 0 Å². The minimum atomic E-state index is -0.703. The fourth-order valence-electron chi connectivity index (χ4n) is 1.23. The van der Waals surface area contributed by atoms with E-state index in [0.29, 0.717) is 16.7 Å². The lowest BCUT2D eigenvalue weighted by Crippen LogP contribution is -2.04. The monoisotopic (exact) mass is 326 g/mol. The first-order valence-corrected chi connectivity index (χ1v) is 6.83. The zero-order valence-electron chi connectivity index (χ0n) is 13.8. The third kappa shape index (κ3) is 8.24. The van der Waals surface area contributed by atoms with Crippen LogP contribution in [0.4, 0.5) is 0 Å². The number of rotatable bonds is 9. The van der Waals surface area contributed by atoms with Gasteiger partial charge in [0.1, 0.15) is 17.3 Å². The summed E-state index contributed by atoms with van der Waals surface area (Å²) in [5.74, 6) is -0.875. The van der Waals surface area contributed by atoms with Gasteiger partial charge in [0.2, 0.25) is 0 Å². The molecule has 24 heavy (non-hydrogen) atoms. The Kier molecular flexibility index (Phi) is 8.37. The molecule has 0 bridgehead atoms. The minimum Gasteiger partial charge on any atom is -0.509 e. The van der Waals surface area contributed by atoms with Crippen molar-refractivity contribution in [3.63, 3.8) is 0 Å². The van der Waals surface area contributed by atoms with E-state index >= 15 is 0 Å². The van der Waals surface area contributed by atoms with E-state index in [1.54, 1.807) is 19.1 Å². The van der Waals surface area contributed by atoms with E-state index in [9.17, 15) is 9.90 Å². The normalized spacial score (nSPS) is 11.3. The van der Waals surface area contributed by atoms with Crippen LogP contribution < -0.4 is 0 Å². The molecule has 0 radical (unpaired) electrons. The molecule has 0 unspecified atom stereocenters. The Balaban J connectivity index is 4.71. The lowest BCUT2D eigenvalue weighted by molar-refractivity contribution is -0.134. The van der Waals surface area contributed by atoms with Crippen molar-refractivity contribution in [2.45, 2.75) is 6.92 Å². The van der Waals surface area contributed by atoms with Gasteiger partial charge in [-0.05, 0) is 41.9 Å². The van der Waals surface area contributed by atoms with E-state index in [2.05, 4.69) is 39.5 Å². The Labute approximate surface area is 142 Å². The zero-order chi connectivity index (χ0) is 18.9. The number of hydrogen-bond acceptors (Lipinski definition) is 4. The molecular formula is C20H22O4. The van der Waals surface area contributed by atoms with Gasteiger partial charge in [-0.15, -0.1) is 0 Å². The molecule has 0 aliphatic heterocycles. The van der Waals surface area contributed by atoms with Crippen LogP contribution in [0, 0.1) is 0 Å². The van der Waals surface area contributed by atoms with E-state index in [4.69, 9.17) is 9.84 Å². The van der Waals surface area contributed by atoms with Gasteiger partial charge in [0, 0.05) is 0 Å². The Hall–Kier alpha value is -3.27. The lowest BCUT2D eigenvalue weighted by atomic mass is 10.1. The highest BCUT2D eigenvalue weighted by molar-refractivity contribution is 5.91. The second kappa shape index (κ2) is 9.69. The summed E-state index contributed by atoms with van der Waals surface area (Å²) in [6, 6.07) is 0. The molecule has 0 aliphatic rings. The fraction of sp³-hybridized carbons (Fsp3) is 0.0500. The second-order valence-corrected chi connectivity index (χ2v) is 4.86. The first kappa shape index (κ1) is 20.7. The zero-order valence-corrected chi connectivity index (χ0v) is 13.8. The van der Waals surface area contributed by atoms with Gasteiger partial charge in [-0.1, -0.05) is 51.6 Å². The molecule has 0 saturated heterocycles. The lowest BCUT2D eigenvalue weighted by Gasteiger charge is -2.05. The molecule has 0 aromatic rings. The Morgan fingerprint density at radius 3 is 1.79 bits per heavy atom. The molecule has 0 rings (SSSR count). The second-order valence-electron chi connectivity index (χ2n) is 4.86. The van der Waals surface area contributed by atoms with Crippen LogP contribution >= 0.6 is 0 Å². The molecule has 0 amide bonds. The summed E-state index contributed by atoms with van der Waals surface area (Å²) >= 11 is 0. The van der Waals surface area contributed by atoms with Crippen molar-refractivity contribution in [3.05, 3.63) is 109 Å². The molecule has 0 aromatic carbocycles. The van der Waals surface area contributed by atoms with Crippen LogP contribution in [0.15, 0.2) is 109 Å². The van der Waals surface area contributed by atoms with Crippen LogP contribution in [-0.2, 0) is 9.53 Å². The van der Waals surface area contributed by atoms with E-state index in [1.165, 1.54) is 18.2 Å². The first-order chi connectivity index (χ1) is 11.0. The SMILES string of the molecule is C=C(O)/C=C\C(=C)C(=C)/C=C\C(=C)OC(=O)C(=C)/C=C(/C)C(=C)O. The number of ether oxygens (including phenoxy) is 1. The molecule has 0 heterocycles. The highest BCUT2D eigenvalue weighted by atomic mass is 16.5. The third-order valence-electron chi connectivity index (χ3n) is 2.69. The number of carbonyl (C=O) groups excluding carboxylic acids is 1. The Morgan fingerprint density at radius 1 is 0.833 bits per heavy atom. The molecule has 0 spiro atoms. The fourth-order valence-corrected chi connectivity index (χ4v) is 1.23. The van der Waals surface area contributed by atoms with Crippen molar-refractivity contribution in [3.8, 4) is 0 Å². The average molecular weight is 326 g/mol. The van der Waals surface area contributed by atoms with Crippen molar-refractivity contribution >= 4 is 5.97 Å². The van der Waals surface area contributed by atoms with Crippen LogP contribution in [-0.4, -0.2) is 16.2 Å². The summed E-state index contributed by atoms with van der Waals surface area (Å²) < 4.78 is 5.00. The molecule has 2 N–H and O–H groups in total. The van der Waals surface area contributed by atoms with Gasteiger partial charge >= 0.3 is 5.97 Å². The molecule has 0 atom stereocenters. The molecule has 0 saturated carbocycles. The molecule has 0 fully saturated rings. The van der Waals surface area contributed by atoms with Crippen molar-refractivity contribution in [1.29, 1.82) is 0 Å². The summed E-state index contributed by atoms with van der Waals surface area (Å²) in [6.07, 6.45) is 7.28. The van der Waals surface area contributed by atoms with Crippen LogP contribution in [0.25, 0.3) is 0 Å². The van der Waals surface area contributed by atoms with E-state index < -0.39 is 5.97 Å². The van der Waals surface area contributed by atoms with Gasteiger partial charge in [-0.25, -0.2) is 4.79 Å². The molecule has 4 nitrogen and oxygen atoms in total. The Bertz CT molecular complexity index is 697. The maximum absolute atomic E-state index is 11.8. The quantitative estimate of drug-likeness (QED) is 0.273. The summed E-state index contributed by atoms with van der Waals surface area (Å²) in [6.45, 7) is 22.9. The number of allylic oxidation sites excluding steroid dienone is 7.